The van der Waals surface area contributed by atoms with Crippen LogP contribution in [0.2, 0.25) is 0 Å². The van der Waals surface area contributed by atoms with Gasteiger partial charge in [0.1, 0.15) is 0 Å². The third kappa shape index (κ3) is 3.22. The van der Waals surface area contributed by atoms with E-state index in [9.17, 15) is 0 Å². The van der Waals surface area contributed by atoms with Gasteiger partial charge in [0.2, 0.25) is 5.96 Å². The maximum absolute atomic E-state index is 7.30. The van der Waals surface area contributed by atoms with Crippen molar-refractivity contribution >= 4 is 11.6 Å². The van der Waals surface area contributed by atoms with E-state index < -0.39 is 0 Å². The molecule has 5 nitrogen and oxygen atoms in total. The molecule has 0 unspecified atom stereocenters. The molecule has 0 atom stereocenters. The van der Waals surface area contributed by atoms with Crippen molar-refractivity contribution in [2.45, 2.75) is 6.42 Å². The number of nitrogens with one attached hydrogen (secondary N) is 2. The molecule has 0 aliphatic heterocycles. The Labute approximate surface area is 83.0 Å². The summed E-state index contributed by atoms with van der Waals surface area (Å²) in [4.78, 5) is 0. The number of hydrogen-bond acceptors (Lipinski definition) is 2. The quantitative estimate of drug-likeness (QED) is 0.270. The molecule has 1 aromatic rings. The highest BCUT2D eigenvalue weighted by Gasteiger charge is 1.93. The van der Waals surface area contributed by atoms with Gasteiger partial charge in [-0.15, -0.1) is 5.10 Å². The molecule has 0 spiro atoms. The molecule has 0 amide bonds. The lowest BCUT2D eigenvalue weighted by molar-refractivity contribution is 0.853. The standard InChI is InChI=1S/C9H14N5/c10-8-3-1-7(2-4-8)5-6-13-9(11)14-12/h1-4,10H,5-6,12H2,(H3,11,13,14). The largest absolute Gasteiger partial charge is 0.368 e. The van der Waals surface area contributed by atoms with Crippen LogP contribution < -0.4 is 22.6 Å². The number of nitrogens with two attached hydrogens (primary N) is 2. The Morgan fingerprint density at radius 1 is 1.36 bits per heavy atom. The van der Waals surface area contributed by atoms with Crippen LogP contribution in [0.5, 0.6) is 0 Å². The fourth-order valence-electron chi connectivity index (χ4n) is 1.05. The second kappa shape index (κ2) is 4.96. The highest BCUT2D eigenvalue weighted by atomic mass is 15.2. The molecule has 5 heteroatoms. The summed E-state index contributed by atoms with van der Waals surface area (Å²) in [5.74, 6) is 5.19. The molecule has 0 saturated heterocycles. The van der Waals surface area contributed by atoms with Crippen molar-refractivity contribution in [3.05, 3.63) is 29.8 Å². The topological polar surface area (TPSA) is 100 Å². The minimum Gasteiger partial charge on any atom is -0.368 e. The minimum absolute atomic E-state index is 0.238. The molecule has 1 rings (SSSR count). The lowest BCUT2D eigenvalue weighted by atomic mass is 10.1. The number of nitrogens with zero attached hydrogens (tertiary/aromatic N) is 1. The molecule has 14 heavy (non-hydrogen) atoms. The third-order valence-electron chi connectivity index (χ3n) is 1.81. The molecule has 0 saturated carbocycles. The Kier molecular flexibility index (Phi) is 3.60. The highest BCUT2D eigenvalue weighted by molar-refractivity contribution is 5.77. The molecule has 75 valence electrons. The smallest absolute Gasteiger partial charge is 0.210 e. The van der Waals surface area contributed by atoms with Gasteiger partial charge in [-0.3, -0.25) is 0 Å². The molecule has 0 aromatic heterocycles. The summed E-state index contributed by atoms with van der Waals surface area (Å²) in [6, 6.07) is 7.35. The first-order valence-corrected chi connectivity index (χ1v) is 4.30. The van der Waals surface area contributed by atoms with Crippen molar-refractivity contribution in [1.29, 1.82) is 0 Å². The zero-order valence-corrected chi connectivity index (χ0v) is 7.83. The Balaban J connectivity index is 2.35. The van der Waals surface area contributed by atoms with Crippen LogP contribution in [0.3, 0.4) is 0 Å². The lowest BCUT2D eigenvalue weighted by Crippen LogP contribution is -2.34. The summed E-state index contributed by atoms with van der Waals surface area (Å²) in [6.07, 6.45) is 0.830. The predicted octanol–water partition coefficient (Wildman–Crippen LogP) is -0.0785. The Morgan fingerprint density at radius 2 is 2.00 bits per heavy atom. The van der Waals surface area contributed by atoms with Crippen LogP contribution in [0.4, 0.5) is 5.69 Å². The van der Waals surface area contributed by atoms with Crippen molar-refractivity contribution in [1.82, 2.24) is 11.1 Å². The van der Waals surface area contributed by atoms with Crippen LogP contribution in [0.1, 0.15) is 5.56 Å². The Bertz CT molecular complexity index is 303. The van der Waals surface area contributed by atoms with E-state index in [0.717, 1.165) is 12.0 Å². The summed E-state index contributed by atoms with van der Waals surface area (Å²) in [5.41, 5.74) is 14.3. The summed E-state index contributed by atoms with van der Waals surface area (Å²) in [6.45, 7) is 0.684. The van der Waals surface area contributed by atoms with E-state index in [1.54, 1.807) is 12.1 Å². The van der Waals surface area contributed by atoms with Crippen LogP contribution in [-0.2, 0) is 6.42 Å². The zero-order valence-electron chi connectivity index (χ0n) is 7.83. The minimum atomic E-state index is 0.238. The Morgan fingerprint density at radius 3 is 2.57 bits per heavy atom. The third-order valence-corrected chi connectivity index (χ3v) is 1.81. The van der Waals surface area contributed by atoms with Gasteiger partial charge in [0.25, 0.3) is 0 Å². The monoisotopic (exact) mass is 192 g/mol. The summed E-state index contributed by atoms with van der Waals surface area (Å²) in [7, 11) is 0. The number of guanidine groups is 1. The van der Waals surface area contributed by atoms with E-state index in [2.05, 4.69) is 10.4 Å². The molecule has 0 aliphatic carbocycles. The van der Waals surface area contributed by atoms with E-state index in [4.69, 9.17) is 17.3 Å². The van der Waals surface area contributed by atoms with Gasteiger partial charge in [0, 0.05) is 6.54 Å². The molecule has 1 aromatic carbocycles. The van der Waals surface area contributed by atoms with Gasteiger partial charge in [-0.1, -0.05) is 12.1 Å². The summed E-state index contributed by atoms with van der Waals surface area (Å²) in [5, 5.41) is 6.14. The van der Waals surface area contributed by atoms with E-state index in [1.807, 2.05) is 12.1 Å². The first-order chi connectivity index (χ1) is 6.72. The SMILES string of the molecule is [NH]c1ccc(CCNC(N)=NN)cc1. The molecule has 0 fully saturated rings. The predicted molar refractivity (Wildman–Crippen MR) is 56.7 cm³/mol. The van der Waals surface area contributed by atoms with Gasteiger partial charge < -0.3 is 22.6 Å². The fraction of sp³-hybridized carbons (Fsp3) is 0.222. The van der Waals surface area contributed by atoms with Crippen molar-refractivity contribution in [3.8, 4) is 0 Å². The molecule has 0 bridgehead atoms. The van der Waals surface area contributed by atoms with Gasteiger partial charge in [0.05, 0.1) is 5.69 Å². The van der Waals surface area contributed by atoms with Gasteiger partial charge >= 0.3 is 0 Å². The van der Waals surface area contributed by atoms with Crippen LogP contribution in [0.15, 0.2) is 29.4 Å². The molecular weight excluding hydrogens is 178 g/mol. The van der Waals surface area contributed by atoms with E-state index in [-0.39, 0.29) is 5.96 Å². The van der Waals surface area contributed by atoms with E-state index in [0.29, 0.717) is 12.2 Å². The highest BCUT2D eigenvalue weighted by Crippen LogP contribution is 2.06. The second-order valence-electron chi connectivity index (χ2n) is 2.89. The van der Waals surface area contributed by atoms with Gasteiger partial charge in [-0.05, 0) is 24.1 Å². The molecular formula is C9H14N5. The van der Waals surface area contributed by atoms with Crippen molar-refractivity contribution < 1.29 is 0 Å². The average Bonchev–Trinajstić information content (AvgIpc) is 2.21. The number of benzene rings is 1. The maximum atomic E-state index is 7.30. The number of hydrogen-bond donors (Lipinski definition) is 3. The number of hydrazone groups is 1. The van der Waals surface area contributed by atoms with Crippen LogP contribution in [0.25, 0.3) is 0 Å². The van der Waals surface area contributed by atoms with Gasteiger partial charge in [0.15, 0.2) is 0 Å². The maximum Gasteiger partial charge on any atom is 0.210 e. The normalized spacial score (nSPS) is 11.3. The van der Waals surface area contributed by atoms with Crippen molar-refractivity contribution in [2.24, 2.45) is 16.7 Å². The first-order valence-electron chi connectivity index (χ1n) is 4.30. The van der Waals surface area contributed by atoms with Crippen LogP contribution >= 0.6 is 0 Å². The zero-order chi connectivity index (χ0) is 10.4. The molecule has 6 N–H and O–H groups in total. The average molecular weight is 192 g/mol. The second-order valence-corrected chi connectivity index (χ2v) is 2.89. The van der Waals surface area contributed by atoms with Crippen molar-refractivity contribution in [2.75, 3.05) is 6.54 Å². The van der Waals surface area contributed by atoms with E-state index >= 15 is 0 Å². The molecule has 1 radical (unpaired) electrons. The van der Waals surface area contributed by atoms with Crippen molar-refractivity contribution in [3.63, 3.8) is 0 Å². The molecule has 0 aliphatic rings. The van der Waals surface area contributed by atoms with E-state index in [1.165, 1.54) is 0 Å². The lowest BCUT2D eigenvalue weighted by Gasteiger charge is -2.04. The van der Waals surface area contributed by atoms with Crippen LogP contribution in [0, 0.1) is 0 Å². The van der Waals surface area contributed by atoms with Crippen LogP contribution in [-0.4, -0.2) is 12.5 Å². The summed E-state index contributed by atoms with van der Waals surface area (Å²) >= 11 is 0. The first kappa shape index (κ1) is 10.2. The van der Waals surface area contributed by atoms with Gasteiger partial charge in [-0.25, -0.2) is 0 Å². The molecule has 0 heterocycles. The Hall–Kier alpha value is -1.91. The number of rotatable bonds is 3. The van der Waals surface area contributed by atoms with Gasteiger partial charge in [-0.2, -0.15) is 0 Å². The summed E-state index contributed by atoms with van der Waals surface area (Å²) < 4.78 is 0. The fourth-order valence-corrected chi connectivity index (χ4v) is 1.05.